The third-order valence-corrected chi connectivity index (χ3v) is 6.04. The molecule has 32 heavy (non-hydrogen) atoms. The van der Waals surface area contributed by atoms with Gasteiger partial charge >= 0.3 is 11.1 Å². The minimum atomic E-state index is -0.979. The van der Waals surface area contributed by atoms with Crippen molar-refractivity contribution in [2.45, 2.75) is 19.4 Å². The van der Waals surface area contributed by atoms with E-state index in [2.05, 4.69) is 10.7 Å². The highest BCUT2D eigenvalue weighted by molar-refractivity contribution is 7.81. The summed E-state index contributed by atoms with van der Waals surface area (Å²) >= 11 is 16.7. The lowest BCUT2D eigenvalue weighted by atomic mass is 10.2. The average Bonchev–Trinajstić information content (AvgIpc) is 3.00. The van der Waals surface area contributed by atoms with Crippen LogP contribution in [0.15, 0.2) is 48.5 Å². The highest BCUT2D eigenvalue weighted by atomic mass is 35.5. The fraction of sp³-hybridized carbons (Fsp3) is 0.238. The van der Waals surface area contributed by atoms with Crippen molar-refractivity contribution in [1.82, 2.24) is 10.4 Å². The molecule has 168 valence electrons. The van der Waals surface area contributed by atoms with E-state index in [1.165, 1.54) is 0 Å². The molecular weight excluding hydrogens is 470 g/mol. The fourth-order valence-corrected chi connectivity index (χ4v) is 4.10. The minimum Gasteiger partial charge on any atom is -0.480 e. The van der Waals surface area contributed by atoms with Crippen LogP contribution in [0.3, 0.4) is 0 Å². The van der Waals surface area contributed by atoms with Crippen LogP contribution in [0.5, 0.6) is 0 Å². The molecule has 2 atom stereocenters. The van der Waals surface area contributed by atoms with Crippen LogP contribution in [-0.4, -0.2) is 51.9 Å². The first-order valence-electron chi connectivity index (χ1n) is 9.78. The van der Waals surface area contributed by atoms with Gasteiger partial charge in [0.25, 0.3) is 5.11 Å². The van der Waals surface area contributed by atoms with Gasteiger partial charge in [-0.2, -0.15) is 4.90 Å². The zero-order valence-electron chi connectivity index (χ0n) is 17.5. The van der Waals surface area contributed by atoms with E-state index in [-0.39, 0.29) is 18.9 Å². The Morgan fingerprint density at radius 3 is 2.53 bits per heavy atom. The number of hydrogen-bond donors (Lipinski definition) is 4. The molecule has 0 saturated carbocycles. The van der Waals surface area contributed by atoms with E-state index in [4.69, 9.17) is 36.0 Å². The summed E-state index contributed by atoms with van der Waals surface area (Å²) < 4.78 is 0. The van der Waals surface area contributed by atoms with Crippen LogP contribution in [0.25, 0.3) is 0 Å². The number of anilines is 2. The first-order valence-corrected chi connectivity index (χ1v) is 11.0. The van der Waals surface area contributed by atoms with Crippen LogP contribution in [0.2, 0.25) is 5.02 Å². The lowest BCUT2D eigenvalue weighted by Gasteiger charge is -2.28. The second kappa shape index (κ2) is 10.2. The van der Waals surface area contributed by atoms with Crippen molar-refractivity contribution in [2.75, 3.05) is 23.8 Å². The molecule has 0 aliphatic carbocycles. The molecule has 1 aliphatic rings. The molecule has 0 aromatic heterocycles. The lowest BCUT2D eigenvalue weighted by Crippen LogP contribution is -3.10. The molecule has 0 bridgehead atoms. The van der Waals surface area contributed by atoms with E-state index < -0.39 is 12.0 Å². The molecule has 1 aliphatic heterocycles. The normalized spacial score (nSPS) is 16.5. The van der Waals surface area contributed by atoms with Crippen molar-refractivity contribution < 1.29 is 19.6 Å². The molecule has 1 saturated heterocycles. The van der Waals surface area contributed by atoms with E-state index in [1.807, 2.05) is 18.2 Å². The summed E-state index contributed by atoms with van der Waals surface area (Å²) in [7, 11) is 1.79. The predicted octanol–water partition coefficient (Wildman–Crippen LogP) is 2.18. The van der Waals surface area contributed by atoms with Gasteiger partial charge in [-0.05, 0) is 37.3 Å². The Hall–Kier alpha value is -2.79. The molecule has 2 aromatic carbocycles. The van der Waals surface area contributed by atoms with E-state index in [0.717, 1.165) is 10.6 Å². The largest absolute Gasteiger partial charge is 0.480 e. The first-order chi connectivity index (χ1) is 15.2. The van der Waals surface area contributed by atoms with Crippen molar-refractivity contribution in [3.63, 3.8) is 0 Å². The number of aliphatic carboxylic acids is 1. The van der Waals surface area contributed by atoms with Gasteiger partial charge in [-0.25, -0.2) is 15.2 Å². The number of hydrazine groups is 1. The summed E-state index contributed by atoms with van der Waals surface area (Å²) in [6.07, 6.45) is 0.0994. The molecule has 3 rings (SSSR count). The van der Waals surface area contributed by atoms with Crippen molar-refractivity contribution in [3.05, 3.63) is 53.6 Å². The summed E-state index contributed by atoms with van der Waals surface area (Å²) in [4.78, 5) is 26.6. The second-order valence-electron chi connectivity index (χ2n) is 7.24. The van der Waals surface area contributed by atoms with Crippen LogP contribution < -0.4 is 20.5 Å². The third-order valence-electron chi connectivity index (χ3n) is 5.01. The predicted molar refractivity (Wildman–Crippen MR) is 132 cm³/mol. The van der Waals surface area contributed by atoms with Gasteiger partial charge in [0.2, 0.25) is 5.91 Å². The number of carbonyl (C=O) groups excluding carboxylic acids is 1. The number of nitrogens with one attached hydrogen (secondary N) is 3. The summed E-state index contributed by atoms with van der Waals surface area (Å²) in [6, 6.07) is 13.3. The van der Waals surface area contributed by atoms with Crippen molar-refractivity contribution in [2.24, 2.45) is 0 Å². The number of hydrogen-bond acceptors (Lipinski definition) is 5. The zero-order valence-corrected chi connectivity index (χ0v) is 19.9. The number of carbonyl (C=O) groups is 2. The number of halogens is 1. The number of rotatable bonds is 8. The van der Waals surface area contributed by atoms with E-state index in [1.54, 1.807) is 54.2 Å². The Morgan fingerprint density at radius 2 is 1.94 bits per heavy atom. The topological polar surface area (TPSA) is 89.3 Å². The van der Waals surface area contributed by atoms with Gasteiger partial charge < -0.3 is 15.3 Å². The Morgan fingerprint density at radius 1 is 1.25 bits per heavy atom. The van der Waals surface area contributed by atoms with Crippen LogP contribution in [-0.2, 0) is 9.59 Å². The zero-order chi connectivity index (χ0) is 23.4. The monoisotopic (exact) mass is 492 g/mol. The number of thiocarbonyl (C=S) groups is 2. The Kier molecular flexibility index (Phi) is 7.62. The Bertz CT molecular complexity index is 1050. The van der Waals surface area contributed by atoms with E-state index >= 15 is 0 Å². The Labute approximate surface area is 201 Å². The molecule has 4 N–H and O–H groups in total. The summed E-state index contributed by atoms with van der Waals surface area (Å²) in [6.45, 7) is 1.80. The van der Waals surface area contributed by atoms with E-state index in [0.29, 0.717) is 26.6 Å². The summed E-state index contributed by atoms with van der Waals surface area (Å²) in [5.74, 6) is -1.22. The first kappa shape index (κ1) is 23.9. The van der Waals surface area contributed by atoms with Crippen molar-refractivity contribution in [3.8, 4) is 0 Å². The van der Waals surface area contributed by atoms with Gasteiger partial charge in [0.15, 0.2) is 0 Å². The molecule has 11 heteroatoms. The van der Waals surface area contributed by atoms with Crippen LogP contribution in [0.1, 0.15) is 13.3 Å². The number of amides is 1. The molecule has 2 aromatic rings. The molecule has 0 radical (unpaired) electrons. The quantitative estimate of drug-likeness (QED) is 0.417. The maximum absolute atomic E-state index is 12.6. The van der Waals surface area contributed by atoms with Gasteiger partial charge in [-0.15, -0.1) is 0 Å². The standard InChI is InChI=1S/C21H22ClN5O3S2/c1-13(19(29)30)26(16-8-6-14(22)7-9-16)11-10-18(28)23-15-4-3-5-17(12-15)27-20(31)24-25(2)21(27)32/h3-9,12-13H,10-11H2,1-2H3,(H,23,28)(H,24,31)(H,29,30)/p+1. The second-order valence-corrected chi connectivity index (χ2v) is 8.47. The highest BCUT2D eigenvalue weighted by Crippen LogP contribution is 2.21. The third kappa shape index (κ3) is 5.52. The Balaban J connectivity index is 1.68. The fourth-order valence-electron chi connectivity index (χ4n) is 3.29. The molecule has 1 fully saturated rings. The average molecular weight is 493 g/mol. The highest BCUT2D eigenvalue weighted by Gasteiger charge is 2.35. The van der Waals surface area contributed by atoms with Crippen molar-refractivity contribution >= 4 is 75.2 Å². The molecule has 2 unspecified atom stereocenters. The van der Waals surface area contributed by atoms with Gasteiger partial charge in [0.05, 0.1) is 0 Å². The van der Waals surface area contributed by atoms with Crippen LogP contribution in [0, 0.1) is 0 Å². The molecule has 8 nitrogen and oxygen atoms in total. The van der Waals surface area contributed by atoms with Crippen LogP contribution >= 0.6 is 36.0 Å². The van der Waals surface area contributed by atoms with E-state index in [9.17, 15) is 14.7 Å². The van der Waals surface area contributed by atoms with Gasteiger partial charge in [-0.3, -0.25) is 4.79 Å². The number of carboxylic acids is 1. The molecule has 1 amide bonds. The SMILES string of the molecule is CC(C(=O)O)N(CCC(=O)Nc1cccc([NH+]2C(=S)NN(C)C2=S)c1)c1ccc(Cl)cc1. The maximum Gasteiger partial charge on any atom is 0.326 e. The number of benzene rings is 2. The maximum atomic E-state index is 12.6. The van der Waals surface area contributed by atoms with Gasteiger partial charge in [0.1, 0.15) is 11.7 Å². The molecule has 1 heterocycles. The van der Waals surface area contributed by atoms with Crippen molar-refractivity contribution in [1.29, 1.82) is 0 Å². The molecular formula is C21H23ClN5O3S2+. The number of nitrogens with zero attached hydrogens (tertiary/aromatic N) is 2. The van der Waals surface area contributed by atoms with Gasteiger partial charge in [-0.1, -0.05) is 17.7 Å². The molecule has 0 spiro atoms. The van der Waals surface area contributed by atoms with Gasteiger partial charge in [0, 0.05) is 73.0 Å². The number of carboxylic acid groups (broad SMARTS) is 1. The smallest absolute Gasteiger partial charge is 0.326 e. The number of quaternary nitrogens is 1. The lowest BCUT2D eigenvalue weighted by molar-refractivity contribution is -0.611. The minimum absolute atomic E-state index is 0.0994. The summed E-state index contributed by atoms with van der Waals surface area (Å²) in [5.41, 5.74) is 5.06. The summed E-state index contributed by atoms with van der Waals surface area (Å²) in [5, 5.41) is 15.7. The van der Waals surface area contributed by atoms with Crippen LogP contribution in [0.4, 0.5) is 17.1 Å².